The number of aryl methyl sites for hydroxylation is 2. The Morgan fingerprint density at radius 3 is 2.59 bits per heavy atom. The highest BCUT2D eigenvalue weighted by molar-refractivity contribution is 5.76. The van der Waals surface area contributed by atoms with Crippen LogP contribution in [0.3, 0.4) is 0 Å². The highest BCUT2D eigenvalue weighted by atomic mass is 16.5. The molecule has 1 heterocycles. The van der Waals surface area contributed by atoms with Crippen molar-refractivity contribution < 1.29 is 19.1 Å². The molecule has 0 fully saturated rings. The normalized spacial score (nSPS) is 12.0. The number of aliphatic hydroxyl groups excluding tert-OH is 1. The fourth-order valence-corrected chi connectivity index (χ4v) is 2.08. The summed E-state index contributed by atoms with van der Waals surface area (Å²) in [6.45, 7) is 1.96. The second-order valence-corrected chi connectivity index (χ2v) is 5.12. The van der Waals surface area contributed by atoms with Crippen molar-refractivity contribution in [1.29, 1.82) is 0 Å². The first-order valence-corrected chi connectivity index (χ1v) is 7.22. The molecule has 0 saturated carbocycles. The number of ether oxygens (including phenoxy) is 1. The van der Waals surface area contributed by atoms with E-state index in [-0.39, 0.29) is 12.5 Å². The van der Waals surface area contributed by atoms with Gasteiger partial charge < -0.3 is 19.6 Å². The number of carbonyl (C=O) groups is 1. The van der Waals surface area contributed by atoms with Crippen LogP contribution >= 0.6 is 0 Å². The second-order valence-electron chi connectivity index (χ2n) is 5.12. The monoisotopic (exact) mass is 303 g/mol. The Morgan fingerprint density at radius 1 is 1.27 bits per heavy atom. The fraction of sp³-hybridized carbons (Fsp3) is 0.353. The molecule has 1 aromatic heterocycles. The van der Waals surface area contributed by atoms with Crippen molar-refractivity contribution in [3.8, 4) is 5.75 Å². The van der Waals surface area contributed by atoms with Gasteiger partial charge in [-0.15, -0.1) is 0 Å². The first kappa shape index (κ1) is 16.1. The summed E-state index contributed by atoms with van der Waals surface area (Å²) in [5, 5.41) is 12.6. The van der Waals surface area contributed by atoms with Gasteiger partial charge in [0, 0.05) is 6.42 Å². The van der Waals surface area contributed by atoms with Gasteiger partial charge in [0.1, 0.15) is 23.4 Å². The molecule has 0 aliphatic heterocycles. The average molecular weight is 303 g/mol. The third-order valence-corrected chi connectivity index (χ3v) is 3.38. The average Bonchev–Trinajstić information content (AvgIpc) is 2.97. The Bertz CT molecular complexity index is 603. The van der Waals surface area contributed by atoms with Gasteiger partial charge >= 0.3 is 0 Å². The van der Waals surface area contributed by atoms with Crippen LogP contribution in [-0.2, 0) is 11.2 Å². The van der Waals surface area contributed by atoms with Gasteiger partial charge in [0.25, 0.3) is 0 Å². The molecule has 22 heavy (non-hydrogen) atoms. The minimum absolute atomic E-state index is 0.0989. The Balaban J connectivity index is 1.73. The first-order chi connectivity index (χ1) is 10.6. The predicted molar refractivity (Wildman–Crippen MR) is 82.7 cm³/mol. The van der Waals surface area contributed by atoms with E-state index >= 15 is 0 Å². The Kier molecular flexibility index (Phi) is 5.61. The van der Waals surface area contributed by atoms with Crippen molar-refractivity contribution in [3.63, 3.8) is 0 Å². The summed E-state index contributed by atoms with van der Waals surface area (Å²) >= 11 is 0. The number of carbonyl (C=O) groups excluding carboxylic acids is 1. The van der Waals surface area contributed by atoms with Crippen LogP contribution in [0.4, 0.5) is 0 Å². The molecular formula is C17H21NO4. The minimum Gasteiger partial charge on any atom is -0.497 e. The maximum atomic E-state index is 11.8. The lowest BCUT2D eigenvalue weighted by atomic mass is 10.1. The van der Waals surface area contributed by atoms with Gasteiger partial charge in [0.15, 0.2) is 0 Å². The molecule has 2 aromatic rings. The molecular weight excluding hydrogens is 282 g/mol. The molecule has 0 bridgehead atoms. The van der Waals surface area contributed by atoms with Crippen LogP contribution in [0.5, 0.6) is 5.75 Å². The van der Waals surface area contributed by atoms with Crippen LogP contribution in [0.2, 0.25) is 0 Å². The Morgan fingerprint density at radius 2 is 2.00 bits per heavy atom. The van der Waals surface area contributed by atoms with E-state index in [0.717, 1.165) is 17.1 Å². The van der Waals surface area contributed by atoms with Crippen molar-refractivity contribution in [3.05, 3.63) is 53.5 Å². The molecule has 0 radical (unpaired) electrons. The molecule has 0 spiro atoms. The van der Waals surface area contributed by atoms with Crippen molar-refractivity contribution >= 4 is 5.91 Å². The van der Waals surface area contributed by atoms with Crippen LogP contribution in [-0.4, -0.2) is 24.7 Å². The quantitative estimate of drug-likeness (QED) is 0.824. The zero-order chi connectivity index (χ0) is 15.9. The number of rotatable bonds is 7. The Labute approximate surface area is 129 Å². The first-order valence-electron chi connectivity index (χ1n) is 7.22. The standard InChI is InChI=1S/C17H21NO4/c1-12-3-9-16(22-12)15(19)11-18-17(20)10-6-13-4-7-14(21-2)8-5-13/h3-5,7-9,15,19H,6,10-11H2,1-2H3,(H,18,20). The van der Waals surface area contributed by atoms with E-state index in [1.165, 1.54) is 0 Å². The zero-order valence-corrected chi connectivity index (χ0v) is 12.8. The SMILES string of the molecule is COc1ccc(CCC(=O)NCC(O)c2ccc(C)o2)cc1. The third-order valence-electron chi connectivity index (χ3n) is 3.38. The van der Waals surface area contributed by atoms with Crippen LogP contribution in [0.1, 0.15) is 29.6 Å². The van der Waals surface area contributed by atoms with Crippen molar-refractivity contribution in [2.75, 3.05) is 13.7 Å². The summed E-state index contributed by atoms with van der Waals surface area (Å²) in [7, 11) is 1.62. The summed E-state index contributed by atoms with van der Waals surface area (Å²) in [5.41, 5.74) is 1.07. The van der Waals surface area contributed by atoms with E-state index in [2.05, 4.69) is 5.32 Å². The highest BCUT2D eigenvalue weighted by Crippen LogP contribution is 2.15. The molecule has 5 nitrogen and oxygen atoms in total. The number of amides is 1. The van der Waals surface area contributed by atoms with E-state index in [9.17, 15) is 9.90 Å². The lowest BCUT2D eigenvalue weighted by molar-refractivity contribution is -0.121. The fourth-order valence-electron chi connectivity index (χ4n) is 2.08. The second kappa shape index (κ2) is 7.66. The number of methoxy groups -OCH3 is 1. The van der Waals surface area contributed by atoms with Gasteiger partial charge in [-0.1, -0.05) is 12.1 Å². The van der Waals surface area contributed by atoms with Crippen LogP contribution in [0.25, 0.3) is 0 Å². The van der Waals surface area contributed by atoms with Crippen molar-refractivity contribution in [1.82, 2.24) is 5.32 Å². The van der Waals surface area contributed by atoms with Gasteiger partial charge in [-0.25, -0.2) is 0 Å². The predicted octanol–water partition coefficient (Wildman–Crippen LogP) is 2.38. The third kappa shape index (κ3) is 4.63. The molecule has 1 amide bonds. The van der Waals surface area contributed by atoms with Gasteiger partial charge in [-0.2, -0.15) is 0 Å². The van der Waals surface area contributed by atoms with Crippen molar-refractivity contribution in [2.24, 2.45) is 0 Å². The van der Waals surface area contributed by atoms with Gasteiger partial charge in [-0.3, -0.25) is 4.79 Å². The molecule has 0 saturated heterocycles. The molecule has 0 aliphatic carbocycles. The molecule has 2 N–H and O–H groups in total. The minimum atomic E-state index is -0.821. The van der Waals surface area contributed by atoms with Crippen LogP contribution in [0, 0.1) is 6.92 Å². The van der Waals surface area contributed by atoms with E-state index in [0.29, 0.717) is 18.6 Å². The highest BCUT2D eigenvalue weighted by Gasteiger charge is 2.12. The lowest BCUT2D eigenvalue weighted by Gasteiger charge is -2.10. The van der Waals surface area contributed by atoms with Gasteiger partial charge in [0.05, 0.1) is 13.7 Å². The summed E-state index contributed by atoms with van der Waals surface area (Å²) in [5.74, 6) is 1.90. The van der Waals surface area contributed by atoms with Crippen molar-refractivity contribution in [2.45, 2.75) is 25.9 Å². The van der Waals surface area contributed by atoms with E-state index in [1.54, 1.807) is 19.2 Å². The number of nitrogens with one attached hydrogen (secondary N) is 1. The smallest absolute Gasteiger partial charge is 0.220 e. The molecule has 1 unspecified atom stereocenters. The van der Waals surface area contributed by atoms with E-state index in [4.69, 9.17) is 9.15 Å². The topological polar surface area (TPSA) is 71.7 Å². The summed E-state index contributed by atoms with van der Waals surface area (Å²) < 4.78 is 10.4. The van der Waals surface area contributed by atoms with Gasteiger partial charge in [0.2, 0.25) is 5.91 Å². The maximum Gasteiger partial charge on any atom is 0.220 e. The maximum absolute atomic E-state index is 11.8. The number of aliphatic hydroxyl groups is 1. The Hall–Kier alpha value is -2.27. The number of hydrogen-bond acceptors (Lipinski definition) is 4. The zero-order valence-electron chi connectivity index (χ0n) is 12.8. The molecule has 1 atom stereocenters. The number of benzene rings is 1. The summed E-state index contributed by atoms with van der Waals surface area (Å²) in [6.07, 6.45) is 0.195. The molecule has 1 aromatic carbocycles. The van der Waals surface area contributed by atoms with E-state index in [1.807, 2.05) is 31.2 Å². The number of furan rings is 1. The molecule has 118 valence electrons. The van der Waals surface area contributed by atoms with Gasteiger partial charge in [-0.05, 0) is 43.2 Å². The lowest BCUT2D eigenvalue weighted by Crippen LogP contribution is -2.28. The molecule has 2 rings (SSSR count). The molecule has 5 heteroatoms. The number of hydrogen-bond donors (Lipinski definition) is 2. The van der Waals surface area contributed by atoms with Crippen LogP contribution < -0.4 is 10.1 Å². The van der Waals surface area contributed by atoms with E-state index < -0.39 is 6.10 Å². The summed E-state index contributed by atoms with van der Waals surface area (Å²) in [6, 6.07) is 11.1. The summed E-state index contributed by atoms with van der Waals surface area (Å²) in [4.78, 5) is 11.8. The largest absolute Gasteiger partial charge is 0.497 e. The molecule has 0 aliphatic rings. The van der Waals surface area contributed by atoms with Crippen LogP contribution in [0.15, 0.2) is 40.8 Å².